The number of carbonyl (C=O) groups excluding carboxylic acids is 1. The van der Waals surface area contributed by atoms with Crippen LogP contribution in [0.1, 0.15) is 26.7 Å². The minimum Gasteiger partial charge on any atom is -0.369 e. The Bertz CT molecular complexity index is 206. The Balaban J connectivity index is 3.93. The van der Waals surface area contributed by atoms with E-state index in [0.29, 0.717) is 5.92 Å². The predicted octanol–water partition coefficient (Wildman–Crippen LogP) is 2.02. The first-order valence-electron chi connectivity index (χ1n) is 4.03. The molecule has 0 fully saturated rings. The van der Waals surface area contributed by atoms with Crippen LogP contribution in [0, 0.1) is 5.92 Å². The number of carbonyl (C=O) groups is 1. The summed E-state index contributed by atoms with van der Waals surface area (Å²) in [7, 11) is 0. The molecule has 0 aromatic heterocycles. The normalized spacial score (nSPS) is 12.2. The molecule has 0 bridgehead atoms. The van der Waals surface area contributed by atoms with E-state index in [1.807, 2.05) is 13.8 Å². The Morgan fingerprint density at radius 2 is 2.00 bits per heavy atom. The average Bonchev–Trinajstić information content (AvgIpc) is 1.84. The lowest BCUT2D eigenvalue weighted by molar-refractivity contribution is -0.117. The summed E-state index contributed by atoms with van der Waals surface area (Å²) in [5.74, 6) is -0.0106. The van der Waals surface area contributed by atoms with Crippen molar-refractivity contribution in [2.75, 3.05) is 0 Å². The highest BCUT2D eigenvalue weighted by atomic mass is 16.1. The standard InChI is InChI=1S/C10H17NO/c1-7(2)5-8(3)9(4)6-10(11)12/h8H,1,4-6H2,2-3H3,(H2,11,12). The highest BCUT2D eigenvalue weighted by Gasteiger charge is 2.08. The van der Waals surface area contributed by atoms with E-state index in [-0.39, 0.29) is 12.3 Å². The molecule has 0 rings (SSSR count). The van der Waals surface area contributed by atoms with E-state index in [1.165, 1.54) is 0 Å². The summed E-state index contributed by atoms with van der Waals surface area (Å²) in [5.41, 5.74) is 7.04. The summed E-state index contributed by atoms with van der Waals surface area (Å²) in [6.45, 7) is 11.6. The van der Waals surface area contributed by atoms with Gasteiger partial charge < -0.3 is 5.73 Å². The van der Waals surface area contributed by atoms with Crippen LogP contribution >= 0.6 is 0 Å². The van der Waals surface area contributed by atoms with Crippen molar-refractivity contribution < 1.29 is 4.79 Å². The SMILES string of the molecule is C=C(C)CC(C)C(=C)CC(N)=O. The zero-order valence-electron chi connectivity index (χ0n) is 7.89. The van der Waals surface area contributed by atoms with Crippen LogP contribution in [0.4, 0.5) is 0 Å². The zero-order chi connectivity index (χ0) is 9.72. The molecule has 0 aliphatic rings. The molecular weight excluding hydrogens is 150 g/mol. The Hall–Kier alpha value is -1.05. The molecule has 0 aromatic rings. The summed E-state index contributed by atoms with van der Waals surface area (Å²) in [6, 6.07) is 0. The highest BCUT2D eigenvalue weighted by molar-refractivity contribution is 5.76. The second kappa shape index (κ2) is 4.75. The third-order valence-electron chi connectivity index (χ3n) is 1.75. The fraction of sp³-hybridized carbons (Fsp3) is 0.500. The average molecular weight is 167 g/mol. The Kier molecular flexibility index (Phi) is 4.34. The molecule has 0 aliphatic carbocycles. The Morgan fingerprint density at radius 3 is 2.33 bits per heavy atom. The van der Waals surface area contributed by atoms with E-state index in [4.69, 9.17) is 5.73 Å². The van der Waals surface area contributed by atoms with Gasteiger partial charge >= 0.3 is 0 Å². The largest absolute Gasteiger partial charge is 0.369 e. The fourth-order valence-electron chi connectivity index (χ4n) is 1.07. The lowest BCUT2D eigenvalue weighted by atomic mass is 9.93. The topological polar surface area (TPSA) is 43.1 Å². The third kappa shape index (κ3) is 4.72. The maximum absolute atomic E-state index is 10.5. The molecule has 0 heterocycles. The van der Waals surface area contributed by atoms with Crippen molar-refractivity contribution in [2.45, 2.75) is 26.7 Å². The maximum atomic E-state index is 10.5. The minimum absolute atomic E-state index is 0.286. The van der Waals surface area contributed by atoms with Gasteiger partial charge in [-0.2, -0.15) is 0 Å². The molecule has 1 atom stereocenters. The second-order valence-electron chi connectivity index (χ2n) is 3.36. The molecule has 0 saturated heterocycles. The minimum atomic E-state index is -0.312. The lowest BCUT2D eigenvalue weighted by Gasteiger charge is -2.12. The predicted molar refractivity (Wildman–Crippen MR) is 51.5 cm³/mol. The molecular formula is C10H17NO. The van der Waals surface area contributed by atoms with Crippen molar-refractivity contribution in [3.8, 4) is 0 Å². The molecule has 0 spiro atoms. The molecule has 2 heteroatoms. The molecule has 2 nitrogen and oxygen atoms in total. The van der Waals surface area contributed by atoms with Crippen molar-refractivity contribution >= 4 is 5.91 Å². The monoisotopic (exact) mass is 167 g/mol. The van der Waals surface area contributed by atoms with Gasteiger partial charge in [-0.15, -0.1) is 6.58 Å². The van der Waals surface area contributed by atoms with Gasteiger partial charge in [0.2, 0.25) is 5.91 Å². The van der Waals surface area contributed by atoms with Crippen LogP contribution in [-0.4, -0.2) is 5.91 Å². The number of nitrogens with two attached hydrogens (primary N) is 1. The second-order valence-corrected chi connectivity index (χ2v) is 3.36. The molecule has 12 heavy (non-hydrogen) atoms. The van der Waals surface area contributed by atoms with Crippen LogP contribution in [0.3, 0.4) is 0 Å². The summed E-state index contributed by atoms with van der Waals surface area (Å²) in [5, 5.41) is 0. The maximum Gasteiger partial charge on any atom is 0.221 e. The molecule has 0 aliphatic heterocycles. The number of hydrogen-bond donors (Lipinski definition) is 1. The number of allylic oxidation sites excluding steroid dienone is 1. The smallest absolute Gasteiger partial charge is 0.221 e. The van der Waals surface area contributed by atoms with Crippen LogP contribution in [0.5, 0.6) is 0 Å². The van der Waals surface area contributed by atoms with E-state index in [1.54, 1.807) is 0 Å². The van der Waals surface area contributed by atoms with Gasteiger partial charge in [0.1, 0.15) is 0 Å². The van der Waals surface area contributed by atoms with E-state index in [0.717, 1.165) is 17.6 Å². The van der Waals surface area contributed by atoms with E-state index < -0.39 is 0 Å². The van der Waals surface area contributed by atoms with Gasteiger partial charge in [-0.05, 0) is 19.3 Å². The van der Waals surface area contributed by atoms with Gasteiger partial charge in [0.15, 0.2) is 0 Å². The molecule has 1 amide bonds. The van der Waals surface area contributed by atoms with E-state index in [2.05, 4.69) is 13.2 Å². The van der Waals surface area contributed by atoms with Gasteiger partial charge in [0.25, 0.3) is 0 Å². The first-order chi connectivity index (χ1) is 5.43. The number of primary amides is 1. The number of hydrogen-bond acceptors (Lipinski definition) is 1. The van der Waals surface area contributed by atoms with Crippen LogP contribution in [0.2, 0.25) is 0 Å². The van der Waals surface area contributed by atoms with Crippen LogP contribution in [0.15, 0.2) is 24.3 Å². The third-order valence-corrected chi connectivity index (χ3v) is 1.75. The van der Waals surface area contributed by atoms with Gasteiger partial charge in [0, 0.05) is 6.42 Å². The molecule has 0 radical (unpaired) electrons. The molecule has 68 valence electrons. The van der Waals surface area contributed by atoms with Gasteiger partial charge in [-0.1, -0.05) is 24.6 Å². The van der Waals surface area contributed by atoms with Crippen molar-refractivity contribution in [3.05, 3.63) is 24.3 Å². The van der Waals surface area contributed by atoms with Crippen molar-refractivity contribution in [2.24, 2.45) is 11.7 Å². The van der Waals surface area contributed by atoms with E-state index in [9.17, 15) is 4.79 Å². The molecule has 2 N–H and O–H groups in total. The molecule has 0 aromatic carbocycles. The zero-order valence-corrected chi connectivity index (χ0v) is 7.89. The summed E-state index contributed by atoms with van der Waals surface area (Å²) >= 11 is 0. The quantitative estimate of drug-likeness (QED) is 0.625. The summed E-state index contributed by atoms with van der Waals surface area (Å²) < 4.78 is 0. The van der Waals surface area contributed by atoms with Crippen LogP contribution < -0.4 is 5.73 Å². The first kappa shape index (κ1) is 11.0. The van der Waals surface area contributed by atoms with Crippen molar-refractivity contribution in [1.29, 1.82) is 0 Å². The van der Waals surface area contributed by atoms with Gasteiger partial charge in [0.05, 0.1) is 0 Å². The first-order valence-corrected chi connectivity index (χ1v) is 4.03. The van der Waals surface area contributed by atoms with Crippen molar-refractivity contribution in [3.63, 3.8) is 0 Å². The van der Waals surface area contributed by atoms with Gasteiger partial charge in [-0.25, -0.2) is 0 Å². The Labute approximate surface area is 74.1 Å². The molecule has 0 saturated carbocycles. The Morgan fingerprint density at radius 1 is 1.50 bits per heavy atom. The number of rotatable bonds is 5. The summed E-state index contributed by atoms with van der Waals surface area (Å²) in [6.07, 6.45) is 1.17. The van der Waals surface area contributed by atoms with E-state index >= 15 is 0 Å². The summed E-state index contributed by atoms with van der Waals surface area (Å²) in [4.78, 5) is 10.5. The highest BCUT2D eigenvalue weighted by Crippen LogP contribution is 2.19. The number of amides is 1. The molecule has 1 unspecified atom stereocenters. The van der Waals surface area contributed by atoms with Crippen molar-refractivity contribution in [1.82, 2.24) is 0 Å². The fourth-order valence-corrected chi connectivity index (χ4v) is 1.07. The van der Waals surface area contributed by atoms with Crippen LogP contribution in [-0.2, 0) is 4.79 Å². The lowest BCUT2D eigenvalue weighted by Crippen LogP contribution is -2.13. The van der Waals surface area contributed by atoms with Gasteiger partial charge in [-0.3, -0.25) is 4.79 Å². The van der Waals surface area contributed by atoms with Crippen LogP contribution in [0.25, 0.3) is 0 Å².